The first-order valence-electron chi connectivity index (χ1n) is 9.39. The predicted octanol–water partition coefficient (Wildman–Crippen LogP) is 4.28. The van der Waals surface area contributed by atoms with Crippen LogP contribution in [-0.2, 0) is 16.0 Å². The molecule has 0 unspecified atom stereocenters. The summed E-state index contributed by atoms with van der Waals surface area (Å²) in [5.41, 5.74) is 1.88. The number of aromatic nitrogens is 1. The number of carbonyl (C=O) groups excluding carboxylic acids is 1. The Morgan fingerprint density at radius 2 is 1.93 bits per heavy atom. The number of hydrogen-bond donors (Lipinski definition) is 0. The smallest absolute Gasteiger partial charge is 0.233 e. The quantitative estimate of drug-likeness (QED) is 0.560. The number of thiazole rings is 1. The van der Waals surface area contributed by atoms with Crippen molar-refractivity contribution in [3.05, 3.63) is 59.1 Å². The van der Waals surface area contributed by atoms with Gasteiger partial charge in [0.05, 0.1) is 29.9 Å². The average molecular weight is 452 g/mol. The molecular formula is C21H23Cl2N3O2S. The van der Waals surface area contributed by atoms with Crippen molar-refractivity contribution in [2.45, 2.75) is 6.42 Å². The first-order valence-corrected chi connectivity index (χ1v) is 10.6. The number of ether oxygens (including phenoxy) is 1. The molecule has 0 bridgehead atoms. The summed E-state index contributed by atoms with van der Waals surface area (Å²) in [6.07, 6.45) is 0.362. The number of benzene rings is 2. The molecule has 0 spiro atoms. The molecule has 4 rings (SSSR count). The summed E-state index contributed by atoms with van der Waals surface area (Å²) >= 11 is 7.63. The van der Waals surface area contributed by atoms with Gasteiger partial charge in [-0.1, -0.05) is 53.3 Å². The molecule has 1 aliphatic heterocycles. The number of morpholine rings is 1. The highest BCUT2D eigenvalue weighted by Gasteiger charge is 2.21. The first kappa shape index (κ1) is 22.0. The lowest BCUT2D eigenvalue weighted by Crippen LogP contribution is -2.43. The number of anilines is 1. The van der Waals surface area contributed by atoms with Crippen LogP contribution in [0.2, 0.25) is 5.02 Å². The van der Waals surface area contributed by atoms with Gasteiger partial charge in [0.1, 0.15) is 0 Å². The van der Waals surface area contributed by atoms with Gasteiger partial charge in [-0.25, -0.2) is 4.98 Å². The van der Waals surface area contributed by atoms with Crippen LogP contribution in [0.3, 0.4) is 0 Å². The molecule has 29 heavy (non-hydrogen) atoms. The van der Waals surface area contributed by atoms with E-state index in [4.69, 9.17) is 21.3 Å². The topological polar surface area (TPSA) is 45.7 Å². The van der Waals surface area contributed by atoms with Crippen LogP contribution < -0.4 is 4.90 Å². The third-order valence-corrected chi connectivity index (χ3v) is 6.09. The van der Waals surface area contributed by atoms with Gasteiger partial charge in [-0.2, -0.15) is 0 Å². The highest BCUT2D eigenvalue weighted by Crippen LogP contribution is 2.31. The van der Waals surface area contributed by atoms with Crippen LogP contribution in [0.25, 0.3) is 10.2 Å². The van der Waals surface area contributed by atoms with Crippen molar-refractivity contribution >= 4 is 56.6 Å². The first-order chi connectivity index (χ1) is 13.7. The van der Waals surface area contributed by atoms with Crippen LogP contribution in [-0.4, -0.2) is 55.2 Å². The lowest BCUT2D eigenvalue weighted by molar-refractivity contribution is -0.118. The maximum Gasteiger partial charge on any atom is 0.233 e. The summed E-state index contributed by atoms with van der Waals surface area (Å²) in [6.45, 7) is 4.71. The van der Waals surface area contributed by atoms with E-state index in [1.54, 1.807) is 0 Å². The van der Waals surface area contributed by atoms with Gasteiger partial charge in [0, 0.05) is 31.2 Å². The molecule has 0 saturated carbocycles. The molecule has 0 radical (unpaired) electrons. The summed E-state index contributed by atoms with van der Waals surface area (Å²) in [5, 5.41) is 1.41. The lowest BCUT2D eigenvalue weighted by Gasteiger charge is -2.29. The van der Waals surface area contributed by atoms with Gasteiger partial charge in [0.25, 0.3) is 0 Å². The Bertz CT molecular complexity index is 946. The Balaban J connectivity index is 0.00000240. The third kappa shape index (κ3) is 5.68. The minimum absolute atomic E-state index is 0. The van der Waals surface area contributed by atoms with E-state index >= 15 is 0 Å². The molecule has 1 aliphatic rings. The van der Waals surface area contributed by atoms with Gasteiger partial charge in [0.15, 0.2) is 5.13 Å². The second-order valence-corrected chi connectivity index (χ2v) is 8.22. The highest BCUT2D eigenvalue weighted by molar-refractivity contribution is 7.22. The Hall–Kier alpha value is -1.70. The Morgan fingerprint density at radius 1 is 1.17 bits per heavy atom. The summed E-state index contributed by atoms with van der Waals surface area (Å²) in [7, 11) is 0. The van der Waals surface area contributed by atoms with Crippen molar-refractivity contribution in [1.82, 2.24) is 9.88 Å². The van der Waals surface area contributed by atoms with Crippen LogP contribution in [0, 0.1) is 0 Å². The van der Waals surface area contributed by atoms with E-state index < -0.39 is 0 Å². The van der Waals surface area contributed by atoms with Crippen LogP contribution in [0.5, 0.6) is 0 Å². The largest absolute Gasteiger partial charge is 0.379 e. The molecule has 5 nitrogen and oxygen atoms in total. The maximum absolute atomic E-state index is 13.2. The molecule has 0 atom stereocenters. The molecule has 2 heterocycles. The van der Waals surface area contributed by atoms with Crippen LogP contribution >= 0.6 is 35.3 Å². The van der Waals surface area contributed by atoms with E-state index in [1.807, 2.05) is 53.4 Å². The molecule has 1 fully saturated rings. The minimum atomic E-state index is 0. The molecule has 1 saturated heterocycles. The third-order valence-electron chi connectivity index (χ3n) is 4.81. The summed E-state index contributed by atoms with van der Waals surface area (Å²) in [6, 6.07) is 15.5. The molecular weight excluding hydrogens is 429 g/mol. The number of halogens is 2. The van der Waals surface area contributed by atoms with Gasteiger partial charge in [-0.05, 0) is 23.8 Å². The van der Waals surface area contributed by atoms with E-state index in [0.717, 1.165) is 53.8 Å². The number of hydrogen-bond acceptors (Lipinski definition) is 5. The van der Waals surface area contributed by atoms with Crippen molar-refractivity contribution in [3.63, 3.8) is 0 Å². The van der Waals surface area contributed by atoms with Crippen LogP contribution in [0.4, 0.5) is 5.13 Å². The number of rotatable bonds is 6. The van der Waals surface area contributed by atoms with E-state index in [1.165, 1.54) is 11.3 Å². The Kier molecular flexibility index (Phi) is 7.86. The molecule has 3 aromatic rings. The zero-order chi connectivity index (χ0) is 19.3. The van der Waals surface area contributed by atoms with Crippen molar-refractivity contribution < 1.29 is 9.53 Å². The monoisotopic (exact) mass is 451 g/mol. The van der Waals surface area contributed by atoms with Gasteiger partial charge in [-0.3, -0.25) is 14.6 Å². The van der Waals surface area contributed by atoms with E-state index in [9.17, 15) is 4.79 Å². The molecule has 0 aliphatic carbocycles. The van der Waals surface area contributed by atoms with Crippen molar-refractivity contribution in [2.24, 2.45) is 0 Å². The SMILES string of the molecule is Cl.O=C(Cc1ccccc1)N(CCN1CCOCC1)c1nc2ccc(Cl)cc2s1. The standard InChI is InChI=1S/C21H22ClN3O2S.ClH/c22-17-6-7-18-19(15-17)28-21(23-18)25(9-8-24-10-12-27-13-11-24)20(26)14-16-4-2-1-3-5-16;/h1-7,15H,8-14H2;1H. The maximum atomic E-state index is 13.2. The van der Waals surface area contributed by atoms with Crippen molar-refractivity contribution in [3.8, 4) is 0 Å². The van der Waals surface area contributed by atoms with Crippen LogP contribution in [0.15, 0.2) is 48.5 Å². The molecule has 1 aromatic heterocycles. The average Bonchev–Trinajstić information content (AvgIpc) is 3.12. The van der Waals surface area contributed by atoms with Gasteiger partial charge >= 0.3 is 0 Å². The van der Waals surface area contributed by atoms with Gasteiger partial charge < -0.3 is 4.74 Å². The molecule has 8 heteroatoms. The molecule has 1 amide bonds. The van der Waals surface area contributed by atoms with E-state index in [2.05, 4.69) is 4.90 Å². The zero-order valence-corrected chi connectivity index (χ0v) is 18.3. The number of carbonyl (C=O) groups is 1. The minimum Gasteiger partial charge on any atom is -0.379 e. The fourth-order valence-electron chi connectivity index (χ4n) is 3.26. The van der Waals surface area contributed by atoms with Gasteiger partial charge in [-0.15, -0.1) is 12.4 Å². The molecule has 0 N–H and O–H groups in total. The molecule has 154 valence electrons. The highest BCUT2D eigenvalue weighted by atomic mass is 35.5. The fourth-order valence-corrected chi connectivity index (χ4v) is 4.55. The lowest BCUT2D eigenvalue weighted by atomic mass is 10.1. The van der Waals surface area contributed by atoms with Crippen molar-refractivity contribution in [2.75, 3.05) is 44.3 Å². The fraction of sp³-hybridized carbons (Fsp3) is 0.333. The Morgan fingerprint density at radius 3 is 2.69 bits per heavy atom. The second kappa shape index (κ2) is 10.4. The number of amides is 1. The Labute approximate surface area is 185 Å². The second-order valence-electron chi connectivity index (χ2n) is 6.77. The number of nitrogens with zero attached hydrogens (tertiary/aromatic N) is 3. The van der Waals surface area contributed by atoms with Gasteiger partial charge in [0.2, 0.25) is 5.91 Å². The van der Waals surface area contributed by atoms with E-state index in [0.29, 0.717) is 18.0 Å². The summed E-state index contributed by atoms with van der Waals surface area (Å²) < 4.78 is 6.42. The normalized spacial score (nSPS) is 14.5. The van der Waals surface area contributed by atoms with Crippen molar-refractivity contribution in [1.29, 1.82) is 0 Å². The number of fused-ring (bicyclic) bond motifs is 1. The molecule has 2 aromatic carbocycles. The van der Waals surface area contributed by atoms with E-state index in [-0.39, 0.29) is 18.3 Å². The van der Waals surface area contributed by atoms with Crippen LogP contribution in [0.1, 0.15) is 5.56 Å². The predicted molar refractivity (Wildman–Crippen MR) is 122 cm³/mol. The summed E-state index contributed by atoms with van der Waals surface area (Å²) in [5.74, 6) is 0.0598. The summed E-state index contributed by atoms with van der Waals surface area (Å²) in [4.78, 5) is 22.0. The zero-order valence-electron chi connectivity index (χ0n) is 15.9.